The summed E-state index contributed by atoms with van der Waals surface area (Å²) < 4.78 is 10.7. The second kappa shape index (κ2) is 18.3. The van der Waals surface area contributed by atoms with Gasteiger partial charge < -0.3 is 24.8 Å². The van der Waals surface area contributed by atoms with Crippen LogP contribution in [-0.2, 0) is 9.47 Å². The highest BCUT2D eigenvalue weighted by molar-refractivity contribution is 4.87. The topological polar surface area (TPSA) is 79.2 Å². The third-order valence-corrected chi connectivity index (χ3v) is 5.81. The van der Waals surface area contributed by atoms with Crippen molar-refractivity contribution in [1.82, 2.24) is 0 Å². The summed E-state index contributed by atoms with van der Waals surface area (Å²) in [4.78, 5) is 0. The van der Waals surface area contributed by atoms with Crippen LogP contribution in [-0.4, -0.2) is 59.6 Å². The summed E-state index contributed by atoms with van der Waals surface area (Å²) in [5.41, 5.74) is 0. The fourth-order valence-corrected chi connectivity index (χ4v) is 3.88. The molecule has 0 aromatic rings. The van der Waals surface area contributed by atoms with Gasteiger partial charge in [0.2, 0.25) is 0 Å². The largest absolute Gasteiger partial charge is 0.388 e. The van der Waals surface area contributed by atoms with Gasteiger partial charge in [0.05, 0.1) is 13.2 Å². The lowest BCUT2D eigenvalue weighted by molar-refractivity contribution is -0.0813. The van der Waals surface area contributed by atoms with Crippen LogP contribution >= 0.6 is 0 Å². The molecule has 0 radical (unpaired) electrons. The highest BCUT2D eigenvalue weighted by Crippen LogP contribution is 2.18. The Kier molecular flexibility index (Phi) is 16.8. The van der Waals surface area contributed by atoms with Crippen LogP contribution in [0.4, 0.5) is 0 Å². The van der Waals surface area contributed by atoms with Crippen molar-refractivity contribution in [3.8, 4) is 0 Å². The zero-order valence-corrected chi connectivity index (χ0v) is 18.5. The quantitative estimate of drug-likeness (QED) is 0.202. The molecule has 0 aromatic carbocycles. The van der Waals surface area contributed by atoms with Crippen molar-refractivity contribution in [3.63, 3.8) is 0 Å². The maximum Gasteiger partial charge on any atom is 0.114 e. The molecule has 0 spiro atoms. The first-order valence-corrected chi connectivity index (χ1v) is 12.0. The molecule has 1 heterocycles. The molecule has 3 N–H and O–H groups in total. The van der Waals surface area contributed by atoms with Crippen molar-refractivity contribution < 1.29 is 24.8 Å². The van der Waals surface area contributed by atoms with Gasteiger partial charge in [0.15, 0.2) is 0 Å². The number of hydrogen-bond donors (Lipinski definition) is 3. The zero-order valence-electron chi connectivity index (χ0n) is 18.5. The minimum absolute atomic E-state index is 0.0688. The highest BCUT2D eigenvalue weighted by Gasteiger charge is 2.39. The lowest BCUT2D eigenvalue weighted by Crippen LogP contribution is -2.40. The second-order valence-corrected chi connectivity index (χ2v) is 8.53. The number of rotatable bonds is 20. The first-order valence-electron chi connectivity index (χ1n) is 12.0. The standard InChI is InChI=1S/C24H46O5/c1-2-3-4-5-6-7-8-9-10-11-12-13-14-15-16-17-18-28-19-22(26)24-23(27)21(25)20-29-24/h2,21-27H,1,3-20H2/t21-,22+,23+,24+/m1/s1. The molecule has 5 heteroatoms. The van der Waals surface area contributed by atoms with E-state index in [4.69, 9.17) is 9.47 Å². The Morgan fingerprint density at radius 2 is 1.31 bits per heavy atom. The molecule has 0 bridgehead atoms. The van der Waals surface area contributed by atoms with Gasteiger partial charge in [-0.2, -0.15) is 0 Å². The number of ether oxygens (including phenoxy) is 2. The summed E-state index contributed by atoms with van der Waals surface area (Å²) in [5, 5.41) is 29.0. The van der Waals surface area contributed by atoms with E-state index in [1.165, 1.54) is 83.5 Å². The Morgan fingerprint density at radius 1 is 0.828 bits per heavy atom. The average Bonchev–Trinajstić information content (AvgIpc) is 3.05. The minimum atomic E-state index is -1.03. The van der Waals surface area contributed by atoms with E-state index in [0.29, 0.717) is 6.61 Å². The second-order valence-electron chi connectivity index (χ2n) is 8.53. The van der Waals surface area contributed by atoms with Gasteiger partial charge in [-0.25, -0.2) is 0 Å². The third-order valence-electron chi connectivity index (χ3n) is 5.81. The lowest BCUT2D eigenvalue weighted by Gasteiger charge is -2.20. The predicted molar refractivity (Wildman–Crippen MR) is 118 cm³/mol. The molecule has 4 atom stereocenters. The van der Waals surface area contributed by atoms with Gasteiger partial charge in [0.25, 0.3) is 0 Å². The Bertz CT molecular complexity index is 376. The van der Waals surface area contributed by atoms with Gasteiger partial charge in [-0.05, 0) is 19.3 Å². The molecule has 1 aliphatic rings. The molecule has 1 rings (SSSR count). The normalized spacial score (nSPS) is 22.8. The number of unbranched alkanes of at least 4 members (excludes halogenated alkanes) is 14. The Hall–Kier alpha value is -0.460. The zero-order chi connectivity index (χ0) is 21.2. The first kappa shape index (κ1) is 26.6. The summed E-state index contributed by atoms with van der Waals surface area (Å²) in [7, 11) is 0. The van der Waals surface area contributed by atoms with E-state index in [-0.39, 0.29) is 13.2 Å². The Balaban J connectivity index is 1.74. The molecule has 172 valence electrons. The first-order chi connectivity index (χ1) is 14.2. The van der Waals surface area contributed by atoms with Crippen LogP contribution in [0.3, 0.4) is 0 Å². The van der Waals surface area contributed by atoms with Crippen LogP contribution in [0.1, 0.15) is 96.3 Å². The van der Waals surface area contributed by atoms with Crippen molar-refractivity contribution >= 4 is 0 Å². The number of aliphatic hydroxyl groups excluding tert-OH is 3. The van der Waals surface area contributed by atoms with E-state index in [1.807, 2.05) is 6.08 Å². The summed E-state index contributed by atoms with van der Waals surface area (Å²) >= 11 is 0. The summed E-state index contributed by atoms with van der Waals surface area (Å²) in [6.45, 7) is 4.59. The lowest BCUT2D eigenvalue weighted by atomic mass is 10.0. The molecular formula is C24H46O5. The Labute approximate surface area is 178 Å². The molecular weight excluding hydrogens is 368 g/mol. The van der Waals surface area contributed by atoms with E-state index < -0.39 is 24.4 Å². The average molecular weight is 415 g/mol. The molecule has 0 aliphatic carbocycles. The molecule has 0 saturated carbocycles. The van der Waals surface area contributed by atoms with Gasteiger partial charge in [-0.1, -0.05) is 83.1 Å². The maximum absolute atomic E-state index is 9.95. The molecule has 0 aromatic heterocycles. The van der Waals surface area contributed by atoms with Crippen molar-refractivity contribution in [2.24, 2.45) is 0 Å². The van der Waals surface area contributed by atoms with Gasteiger partial charge in [0, 0.05) is 6.61 Å². The molecule has 29 heavy (non-hydrogen) atoms. The van der Waals surface area contributed by atoms with Crippen LogP contribution in [0.2, 0.25) is 0 Å². The van der Waals surface area contributed by atoms with Crippen LogP contribution in [0.25, 0.3) is 0 Å². The summed E-state index contributed by atoms with van der Waals surface area (Å²) in [6, 6.07) is 0. The smallest absolute Gasteiger partial charge is 0.114 e. The van der Waals surface area contributed by atoms with Crippen LogP contribution in [0.5, 0.6) is 0 Å². The molecule has 0 amide bonds. The highest BCUT2D eigenvalue weighted by atomic mass is 16.5. The third kappa shape index (κ3) is 13.5. The van der Waals surface area contributed by atoms with Crippen molar-refractivity contribution in [3.05, 3.63) is 12.7 Å². The van der Waals surface area contributed by atoms with Crippen LogP contribution < -0.4 is 0 Å². The van der Waals surface area contributed by atoms with E-state index in [0.717, 1.165) is 12.8 Å². The molecule has 1 saturated heterocycles. The molecule has 5 nitrogen and oxygen atoms in total. The van der Waals surface area contributed by atoms with E-state index in [9.17, 15) is 15.3 Å². The van der Waals surface area contributed by atoms with Crippen molar-refractivity contribution in [2.75, 3.05) is 19.8 Å². The van der Waals surface area contributed by atoms with Gasteiger partial charge >= 0.3 is 0 Å². The fraction of sp³-hybridized carbons (Fsp3) is 0.917. The summed E-state index contributed by atoms with van der Waals surface area (Å²) in [6.07, 6.45) is 18.0. The van der Waals surface area contributed by atoms with E-state index in [2.05, 4.69) is 6.58 Å². The van der Waals surface area contributed by atoms with Gasteiger partial charge in [0.1, 0.15) is 24.4 Å². The van der Waals surface area contributed by atoms with Crippen LogP contribution in [0, 0.1) is 0 Å². The SMILES string of the molecule is C=CCCCCCCCCCCCCCCCCOC[C@H](O)[C@@H]1OC[C@@H](O)[C@@H]1O. The Morgan fingerprint density at radius 3 is 1.76 bits per heavy atom. The summed E-state index contributed by atoms with van der Waals surface area (Å²) in [5.74, 6) is 0. The van der Waals surface area contributed by atoms with Gasteiger partial charge in [-0.15, -0.1) is 6.58 Å². The molecule has 1 aliphatic heterocycles. The van der Waals surface area contributed by atoms with Crippen molar-refractivity contribution in [2.45, 2.75) is 121 Å². The molecule has 0 unspecified atom stereocenters. The maximum atomic E-state index is 9.95. The predicted octanol–water partition coefficient (Wildman–Crippen LogP) is 4.52. The number of allylic oxidation sites excluding steroid dienone is 1. The monoisotopic (exact) mass is 414 g/mol. The molecule has 1 fully saturated rings. The minimum Gasteiger partial charge on any atom is -0.388 e. The van der Waals surface area contributed by atoms with E-state index in [1.54, 1.807) is 0 Å². The fourth-order valence-electron chi connectivity index (χ4n) is 3.88. The van der Waals surface area contributed by atoms with Crippen LogP contribution in [0.15, 0.2) is 12.7 Å². The number of hydrogen-bond acceptors (Lipinski definition) is 5. The van der Waals surface area contributed by atoms with E-state index >= 15 is 0 Å². The number of aliphatic hydroxyl groups is 3. The van der Waals surface area contributed by atoms with Crippen molar-refractivity contribution in [1.29, 1.82) is 0 Å². The van der Waals surface area contributed by atoms with Gasteiger partial charge in [-0.3, -0.25) is 0 Å².